The SMILES string of the molecule is C[C@@H](O)c1cc(Cl)ccc1OC1C=CCCC1. The number of hydrogen-bond donors (Lipinski definition) is 1. The first-order valence-electron chi connectivity index (χ1n) is 5.97. The number of aliphatic hydroxyl groups is 1. The van der Waals surface area contributed by atoms with Crippen molar-refractivity contribution < 1.29 is 9.84 Å². The van der Waals surface area contributed by atoms with Crippen molar-refractivity contribution in [3.8, 4) is 5.75 Å². The molecule has 1 unspecified atom stereocenters. The van der Waals surface area contributed by atoms with Gasteiger partial charge in [0.05, 0.1) is 6.10 Å². The number of rotatable bonds is 3. The number of allylic oxidation sites excluding steroid dienone is 1. The second-order valence-electron chi connectivity index (χ2n) is 4.37. The van der Waals surface area contributed by atoms with Gasteiger partial charge in [0, 0.05) is 10.6 Å². The molecular formula is C14H17ClO2. The van der Waals surface area contributed by atoms with E-state index >= 15 is 0 Å². The Kier molecular flexibility index (Phi) is 4.08. The lowest BCUT2D eigenvalue weighted by atomic mass is 10.0. The molecule has 1 N–H and O–H groups in total. The van der Waals surface area contributed by atoms with Gasteiger partial charge < -0.3 is 9.84 Å². The first-order chi connectivity index (χ1) is 8.16. The normalized spacial score (nSPS) is 21.2. The maximum Gasteiger partial charge on any atom is 0.126 e. The molecule has 92 valence electrons. The second-order valence-corrected chi connectivity index (χ2v) is 4.81. The van der Waals surface area contributed by atoms with Crippen LogP contribution in [0.3, 0.4) is 0 Å². The largest absolute Gasteiger partial charge is 0.486 e. The van der Waals surface area contributed by atoms with Gasteiger partial charge in [-0.2, -0.15) is 0 Å². The molecule has 0 aliphatic heterocycles. The van der Waals surface area contributed by atoms with Crippen LogP contribution in [-0.4, -0.2) is 11.2 Å². The van der Waals surface area contributed by atoms with E-state index in [4.69, 9.17) is 16.3 Å². The highest BCUT2D eigenvalue weighted by atomic mass is 35.5. The lowest BCUT2D eigenvalue weighted by Gasteiger charge is -2.21. The Balaban J connectivity index is 2.19. The zero-order valence-electron chi connectivity index (χ0n) is 9.90. The molecule has 2 nitrogen and oxygen atoms in total. The summed E-state index contributed by atoms with van der Waals surface area (Å²) in [5.74, 6) is 0.723. The average molecular weight is 253 g/mol. The van der Waals surface area contributed by atoms with Gasteiger partial charge in [0.2, 0.25) is 0 Å². The number of halogens is 1. The topological polar surface area (TPSA) is 29.5 Å². The predicted octanol–water partition coefficient (Wildman–Crippen LogP) is 3.88. The molecule has 0 radical (unpaired) electrons. The van der Waals surface area contributed by atoms with E-state index in [0.717, 1.165) is 30.6 Å². The lowest BCUT2D eigenvalue weighted by Crippen LogP contribution is -2.16. The van der Waals surface area contributed by atoms with E-state index < -0.39 is 6.10 Å². The standard InChI is InChI=1S/C14H17ClO2/c1-10(16)13-9-11(15)7-8-14(13)17-12-5-3-2-4-6-12/h3,5,7-10,12,16H,2,4,6H2,1H3/t10-,12?/m1/s1. The van der Waals surface area contributed by atoms with Crippen molar-refractivity contribution in [2.75, 3.05) is 0 Å². The molecule has 0 amide bonds. The summed E-state index contributed by atoms with van der Waals surface area (Å²) >= 11 is 5.92. The van der Waals surface area contributed by atoms with Gasteiger partial charge in [-0.15, -0.1) is 0 Å². The maximum atomic E-state index is 9.70. The van der Waals surface area contributed by atoms with E-state index in [0.29, 0.717) is 5.02 Å². The van der Waals surface area contributed by atoms with Crippen molar-refractivity contribution in [1.82, 2.24) is 0 Å². The van der Waals surface area contributed by atoms with E-state index in [1.807, 2.05) is 6.07 Å². The fourth-order valence-corrected chi connectivity index (χ4v) is 2.18. The third-order valence-electron chi connectivity index (χ3n) is 2.91. The Labute approximate surface area is 107 Å². The van der Waals surface area contributed by atoms with Gasteiger partial charge in [0.25, 0.3) is 0 Å². The molecule has 17 heavy (non-hydrogen) atoms. The Morgan fingerprint density at radius 3 is 2.94 bits per heavy atom. The number of hydrogen-bond acceptors (Lipinski definition) is 2. The molecule has 1 aromatic carbocycles. The minimum Gasteiger partial charge on any atom is -0.486 e. The van der Waals surface area contributed by atoms with Crippen LogP contribution in [0.5, 0.6) is 5.75 Å². The van der Waals surface area contributed by atoms with Crippen LogP contribution < -0.4 is 4.74 Å². The third kappa shape index (κ3) is 3.24. The first kappa shape index (κ1) is 12.5. The minimum atomic E-state index is -0.573. The highest BCUT2D eigenvalue weighted by Crippen LogP contribution is 2.30. The van der Waals surface area contributed by atoms with Crippen molar-refractivity contribution >= 4 is 11.6 Å². The van der Waals surface area contributed by atoms with Crippen LogP contribution >= 0.6 is 11.6 Å². The Bertz CT molecular complexity index is 413. The number of aliphatic hydroxyl groups excluding tert-OH is 1. The number of benzene rings is 1. The van der Waals surface area contributed by atoms with E-state index in [1.54, 1.807) is 19.1 Å². The summed E-state index contributed by atoms with van der Waals surface area (Å²) in [5, 5.41) is 10.3. The first-order valence-corrected chi connectivity index (χ1v) is 6.35. The molecule has 3 heteroatoms. The van der Waals surface area contributed by atoms with Crippen LogP contribution in [0, 0.1) is 0 Å². The fraction of sp³-hybridized carbons (Fsp3) is 0.429. The Hall–Kier alpha value is -0.990. The van der Waals surface area contributed by atoms with Crippen molar-refractivity contribution in [1.29, 1.82) is 0 Å². The molecule has 0 spiro atoms. The molecule has 1 aliphatic rings. The zero-order valence-corrected chi connectivity index (χ0v) is 10.7. The van der Waals surface area contributed by atoms with Gasteiger partial charge in [0.15, 0.2) is 0 Å². The Morgan fingerprint density at radius 1 is 1.47 bits per heavy atom. The quantitative estimate of drug-likeness (QED) is 0.828. The summed E-state index contributed by atoms with van der Waals surface area (Å²) in [6.07, 6.45) is 7.08. The summed E-state index contributed by atoms with van der Waals surface area (Å²) in [7, 11) is 0. The van der Waals surface area contributed by atoms with Crippen LogP contribution in [-0.2, 0) is 0 Å². The van der Waals surface area contributed by atoms with Crippen LogP contribution in [0.15, 0.2) is 30.4 Å². The minimum absolute atomic E-state index is 0.113. The Morgan fingerprint density at radius 2 is 2.29 bits per heavy atom. The molecule has 0 saturated carbocycles. The molecule has 0 aromatic heterocycles. The summed E-state index contributed by atoms with van der Waals surface area (Å²) in [4.78, 5) is 0. The van der Waals surface area contributed by atoms with Gasteiger partial charge in [-0.3, -0.25) is 0 Å². The number of ether oxygens (including phenoxy) is 1. The molecule has 1 aliphatic carbocycles. The van der Waals surface area contributed by atoms with Gasteiger partial charge in [-0.05, 0) is 50.5 Å². The molecule has 2 rings (SSSR count). The highest BCUT2D eigenvalue weighted by Gasteiger charge is 2.15. The van der Waals surface area contributed by atoms with Crippen LogP contribution in [0.25, 0.3) is 0 Å². The molecule has 0 saturated heterocycles. The van der Waals surface area contributed by atoms with Gasteiger partial charge in [0.1, 0.15) is 11.9 Å². The lowest BCUT2D eigenvalue weighted by molar-refractivity contribution is 0.180. The van der Waals surface area contributed by atoms with E-state index in [2.05, 4.69) is 12.2 Å². The molecule has 2 atom stereocenters. The summed E-state index contributed by atoms with van der Waals surface area (Å²) in [6, 6.07) is 5.37. The molecule has 1 aromatic rings. The summed E-state index contributed by atoms with van der Waals surface area (Å²) < 4.78 is 5.90. The van der Waals surface area contributed by atoms with E-state index in [-0.39, 0.29) is 6.10 Å². The van der Waals surface area contributed by atoms with Crippen LogP contribution in [0.4, 0.5) is 0 Å². The van der Waals surface area contributed by atoms with Crippen LogP contribution in [0.2, 0.25) is 5.02 Å². The highest BCUT2D eigenvalue weighted by molar-refractivity contribution is 6.30. The third-order valence-corrected chi connectivity index (χ3v) is 3.15. The van der Waals surface area contributed by atoms with Crippen molar-refractivity contribution in [2.24, 2.45) is 0 Å². The van der Waals surface area contributed by atoms with E-state index in [1.165, 1.54) is 0 Å². The summed E-state index contributed by atoms with van der Waals surface area (Å²) in [6.45, 7) is 1.72. The fourth-order valence-electron chi connectivity index (χ4n) is 2.00. The van der Waals surface area contributed by atoms with Gasteiger partial charge in [-0.25, -0.2) is 0 Å². The average Bonchev–Trinajstić information content (AvgIpc) is 2.32. The van der Waals surface area contributed by atoms with Gasteiger partial charge in [-0.1, -0.05) is 17.7 Å². The maximum absolute atomic E-state index is 9.70. The monoisotopic (exact) mass is 252 g/mol. The van der Waals surface area contributed by atoms with Crippen molar-refractivity contribution in [3.05, 3.63) is 40.9 Å². The second kappa shape index (κ2) is 5.56. The van der Waals surface area contributed by atoms with Crippen molar-refractivity contribution in [3.63, 3.8) is 0 Å². The van der Waals surface area contributed by atoms with Gasteiger partial charge >= 0.3 is 0 Å². The van der Waals surface area contributed by atoms with Crippen LogP contribution in [0.1, 0.15) is 37.9 Å². The molecular weight excluding hydrogens is 236 g/mol. The zero-order chi connectivity index (χ0) is 12.3. The van der Waals surface area contributed by atoms with E-state index in [9.17, 15) is 5.11 Å². The smallest absolute Gasteiger partial charge is 0.126 e. The summed E-state index contributed by atoms with van der Waals surface area (Å²) in [5.41, 5.74) is 0.747. The predicted molar refractivity (Wildman–Crippen MR) is 69.5 cm³/mol. The molecule has 0 heterocycles. The molecule has 0 bridgehead atoms. The van der Waals surface area contributed by atoms with Crippen molar-refractivity contribution in [2.45, 2.75) is 38.4 Å². The molecule has 0 fully saturated rings.